The molecule has 0 aliphatic heterocycles. The SMILES string of the molecule is C=CC1CCC(COc2ccc(OC/C=C/C)c(C)c2C)CC1. The van der Waals surface area contributed by atoms with Crippen LogP contribution in [-0.4, -0.2) is 13.2 Å². The quantitative estimate of drug-likeness (QED) is 0.607. The van der Waals surface area contributed by atoms with E-state index in [1.54, 1.807) is 0 Å². The van der Waals surface area contributed by atoms with Gasteiger partial charge >= 0.3 is 0 Å². The van der Waals surface area contributed by atoms with Gasteiger partial charge in [-0.15, -0.1) is 6.58 Å². The average Bonchev–Trinajstić information content (AvgIpc) is 2.58. The van der Waals surface area contributed by atoms with E-state index in [0.29, 0.717) is 18.4 Å². The Morgan fingerprint density at radius 2 is 1.65 bits per heavy atom. The molecule has 0 radical (unpaired) electrons. The van der Waals surface area contributed by atoms with Crippen molar-refractivity contribution in [3.05, 3.63) is 48.1 Å². The van der Waals surface area contributed by atoms with Crippen molar-refractivity contribution in [2.45, 2.75) is 46.5 Å². The van der Waals surface area contributed by atoms with Crippen LogP contribution in [0.5, 0.6) is 11.5 Å². The summed E-state index contributed by atoms with van der Waals surface area (Å²) in [6, 6.07) is 4.07. The molecule has 0 aromatic heterocycles. The molecule has 0 heterocycles. The predicted octanol–water partition coefficient (Wildman–Crippen LogP) is 5.63. The Bertz CT molecular complexity index is 537. The zero-order chi connectivity index (χ0) is 16.7. The maximum absolute atomic E-state index is 6.11. The lowest BCUT2D eigenvalue weighted by Crippen LogP contribution is -2.19. The fourth-order valence-corrected chi connectivity index (χ4v) is 3.12. The van der Waals surface area contributed by atoms with Crippen LogP contribution in [0.4, 0.5) is 0 Å². The largest absolute Gasteiger partial charge is 0.493 e. The molecule has 0 unspecified atom stereocenters. The van der Waals surface area contributed by atoms with Crippen LogP contribution in [-0.2, 0) is 0 Å². The molecule has 23 heavy (non-hydrogen) atoms. The highest BCUT2D eigenvalue weighted by molar-refractivity contribution is 5.47. The third kappa shape index (κ3) is 4.89. The molecule has 0 N–H and O–H groups in total. The van der Waals surface area contributed by atoms with E-state index in [1.807, 2.05) is 31.2 Å². The summed E-state index contributed by atoms with van der Waals surface area (Å²) in [7, 11) is 0. The van der Waals surface area contributed by atoms with Gasteiger partial charge in [-0.05, 0) is 81.5 Å². The van der Waals surface area contributed by atoms with Gasteiger partial charge in [-0.25, -0.2) is 0 Å². The number of rotatable bonds is 7. The molecule has 1 aromatic rings. The molecule has 1 aromatic carbocycles. The minimum absolute atomic E-state index is 0.615. The average molecular weight is 314 g/mol. The van der Waals surface area contributed by atoms with Gasteiger partial charge in [0, 0.05) is 0 Å². The minimum Gasteiger partial charge on any atom is -0.493 e. The van der Waals surface area contributed by atoms with Crippen LogP contribution in [0.25, 0.3) is 0 Å². The molecule has 2 rings (SSSR count). The smallest absolute Gasteiger partial charge is 0.123 e. The first kappa shape index (κ1) is 17.7. The third-order valence-corrected chi connectivity index (χ3v) is 4.96. The number of hydrogen-bond acceptors (Lipinski definition) is 2. The Morgan fingerprint density at radius 3 is 2.22 bits per heavy atom. The van der Waals surface area contributed by atoms with Gasteiger partial charge in [-0.1, -0.05) is 18.2 Å². The molecule has 0 spiro atoms. The number of benzene rings is 1. The Morgan fingerprint density at radius 1 is 1.04 bits per heavy atom. The fraction of sp³-hybridized carbons (Fsp3) is 0.524. The van der Waals surface area contributed by atoms with Crippen LogP contribution in [0, 0.1) is 25.7 Å². The first-order chi connectivity index (χ1) is 11.2. The molecular weight excluding hydrogens is 284 g/mol. The van der Waals surface area contributed by atoms with Crippen molar-refractivity contribution >= 4 is 0 Å². The van der Waals surface area contributed by atoms with Crippen LogP contribution < -0.4 is 9.47 Å². The van der Waals surface area contributed by atoms with Crippen molar-refractivity contribution in [3.8, 4) is 11.5 Å². The highest BCUT2D eigenvalue weighted by atomic mass is 16.5. The molecule has 1 aliphatic carbocycles. The lowest BCUT2D eigenvalue weighted by Gasteiger charge is -2.27. The molecule has 126 valence electrons. The van der Waals surface area contributed by atoms with E-state index in [-0.39, 0.29) is 0 Å². The third-order valence-electron chi connectivity index (χ3n) is 4.96. The highest BCUT2D eigenvalue weighted by Gasteiger charge is 2.20. The van der Waals surface area contributed by atoms with E-state index in [4.69, 9.17) is 9.47 Å². The summed E-state index contributed by atoms with van der Waals surface area (Å²) in [5.74, 6) is 3.33. The van der Waals surface area contributed by atoms with E-state index in [0.717, 1.165) is 18.1 Å². The van der Waals surface area contributed by atoms with E-state index >= 15 is 0 Å². The summed E-state index contributed by atoms with van der Waals surface area (Å²) < 4.78 is 11.9. The van der Waals surface area contributed by atoms with Crippen LogP contribution in [0.2, 0.25) is 0 Å². The monoisotopic (exact) mass is 314 g/mol. The molecule has 1 aliphatic rings. The minimum atomic E-state index is 0.615. The Labute approximate surface area is 141 Å². The first-order valence-electron chi connectivity index (χ1n) is 8.75. The predicted molar refractivity (Wildman–Crippen MR) is 97.4 cm³/mol. The maximum atomic E-state index is 6.11. The lowest BCUT2D eigenvalue weighted by molar-refractivity contribution is 0.193. The summed E-state index contributed by atoms with van der Waals surface area (Å²) in [4.78, 5) is 0. The zero-order valence-corrected chi connectivity index (χ0v) is 14.8. The van der Waals surface area contributed by atoms with Gasteiger partial charge in [0.1, 0.15) is 18.1 Å². The molecule has 0 atom stereocenters. The molecule has 1 fully saturated rings. The molecular formula is C21H30O2. The van der Waals surface area contributed by atoms with Gasteiger partial charge in [0.05, 0.1) is 6.61 Å². The fourth-order valence-electron chi connectivity index (χ4n) is 3.12. The van der Waals surface area contributed by atoms with Crippen LogP contribution >= 0.6 is 0 Å². The number of allylic oxidation sites excluding steroid dienone is 2. The van der Waals surface area contributed by atoms with Crippen molar-refractivity contribution < 1.29 is 9.47 Å². The second-order valence-electron chi connectivity index (χ2n) is 6.52. The molecule has 1 saturated carbocycles. The Balaban J connectivity index is 1.90. The van der Waals surface area contributed by atoms with Gasteiger partial charge in [-0.3, -0.25) is 0 Å². The van der Waals surface area contributed by atoms with Gasteiger partial charge in [0.25, 0.3) is 0 Å². The van der Waals surface area contributed by atoms with E-state index in [2.05, 4.69) is 26.5 Å². The second kappa shape index (κ2) is 8.81. The van der Waals surface area contributed by atoms with Crippen LogP contribution in [0.3, 0.4) is 0 Å². The number of ether oxygens (including phenoxy) is 2. The standard InChI is InChI=1S/C21H30O2/c1-5-7-14-22-20-12-13-21(17(4)16(20)3)23-15-19-10-8-18(6-2)9-11-19/h5-7,12-13,18-19H,2,8-11,14-15H2,1,3-4H3/b7-5+. The van der Waals surface area contributed by atoms with Gasteiger partial charge < -0.3 is 9.47 Å². The summed E-state index contributed by atoms with van der Waals surface area (Å²) >= 11 is 0. The zero-order valence-electron chi connectivity index (χ0n) is 14.8. The first-order valence-corrected chi connectivity index (χ1v) is 8.75. The van der Waals surface area contributed by atoms with Crippen molar-refractivity contribution in [2.75, 3.05) is 13.2 Å². The summed E-state index contributed by atoms with van der Waals surface area (Å²) in [6.07, 6.45) is 11.1. The molecule has 0 bridgehead atoms. The van der Waals surface area contributed by atoms with E-state index in [9.17, 15) is 0 Å². The highest BCUT2D eigenvalue weighted by Crippen LogP contribution is 2.32. The summed E-state index contributed by atoms with van der Waals surface area (Å²) in [6.45, 7) is 11.6. The van der Waals surface area contributed by atoms with Crippen molar-refractivity contribution in [1.82, 2.24) is 0 Å². The van der Waals surface area contributed by atoms with Crippen LogP contribution in [0.1, 0.15) is 43.7 Å². The second-order valence-corrected chi connectivity index (χ2v) is 6.52. The van der Waals surface area contributed by atoms with Crippen molar-refractivity contribution in [1.29, 1.82) is 0 Å². The van der Waals surface area contributed by atoms with Crippen molar-refractivity contribution in [2.24, 2.45) is 11.8 Å². The van der Waals surface area contributed by atoms with Gasteiger partial charge in [0.15, 0.2) is 0 Å². The molecule has 0 amide bonds. The van der Waals surface area contributed by atoms with Crippen LogP contribution in [0.15, 0.2) is 36.9 Å². The van der Waals surface area contributed by atoms with Gasteiger partial charge in [0.2, 0.25) is 0 Å². The van der Waals surface area contributed by atoms with E-state index in [1.165, 1.54) is 36.8 Å². The number of hydrogen-bond donors (Lipinski definition) is 0. The topological polar surface area (TPSA) is 18.5 Å². The molecule has 0 saturated heterocycles. The Hall–Kier alpha value is -1.70. The van der Waals surface area contributed by atoms with E-state index < -0.39 is 0 Å². The van der Waals surface area contributed by atoms with Gasteiger partial charge in [-0.2, -0.15) is 0 Å². The molecule has 2 heteroatoms. The molecule has 2 nitrogen and oxygen atoms in total. The van der Waals surface area contributed by atoms with Crippen molar-refractivity contribution in [3.63, 3.8) is 0 Å². The summed E-state index contributed by atoms with van der Waals surface area (Å²) in [5, 5.41) is 0. The normalized spacial score (nSPS) is 21.3. The lowest BCUT2D eigenvalue weighted by atomic mass is 9.82. The Kier molecular flexibility index (Phi) is 6.76. The summed E-state index contributed by atoms with van der Waals surface area (Å²) in [5.41, 5.74) is 2.35. The maximum Gasteiger partial charge on any atom is 0.123 e.